The predicted octanol–water partition coefficient (Wildman–Crippen LogP) is 4.12. The molecule has 1 aliphatic rings. The van der Waals surface area contributed by atoms with Crippen LogP contribution in [-0.4, -0.2) is 22.8 Å². The maximum Gasteiger partial charge on any atom is 0.268 e. The van der Waals surface area contributed by atoms with Crippen LogP contribution in [0.1, 0.15) is 51.4 Å². The summed E-state index contributed by atoms with van der Waals surface area (Å²) in [4.78, 5) is 28.0. The van der Waals surface area contributed by atoms with E-state index in [1.54, 1.807) is 13.0 Å². The van der Waals surface area contributed by atoms with Crippen LogP contribution in [0.2, 0.25) is 0 Å². The van der Waals surface area contributed by atoms with Gasteiger partial charge >= 0.3 is 0 Å². The molecule has 2 heterocycles. The third-order valence-corrected chi connectivity index (χ3v) is 5.34. The summed E-state index contributed by atoms with van der Waals surface area (Å²) in [6.45, 7) is 14.0. The summed E-state index contributed by atoms with van der Waals surface area (Å²) in [6, 6.07) is 5.77. The van der Waals surface area contributed by atoms with E-state index in [1.165, 1.54) is 11.1 Å². The number of aromatic amines is 1. The van der Waals surface area contributed by atoms with Crippen LogP contribution in [0.3, 0.4) is 0 Å². The van der Waals surface area contributed by atoms with Crippen LogP contribution in [0.25, 0.3) is 17.0 Å². The highest BCUT2D eigenvalue weighted by Crippen LogP contribution is 2.34. The highest BCUT2D eigenvalue weighted by Gasteiger charge is 2.28. The van der Waals surface area contributed by atoms with Crippen molar-refractivity contribution in [1.29, 1.82) is 0 Å². The van der Waals surface area contributed by atoms with Crippen molar-refractivity contribution in [1.82, 2.24) is 15.6 Å². The number of allylic oxidation sites excluding steroid dienone is 3. The molecule has 2 amide bonds. The molecule has 0 radical (unpaired) electrons. The Labute approximate surface area is 172 Å². The van der Waals surface area contributed by atoms with Gasteiger partial charge in [-0.1, -0.05) is 43.7 Å². The molecule has 2 aromatic rings. The molecule has 5 heteroatoms. The van der Waals surface area contributed by atoms with E-state index in [2.05, 4.69) is 74.2 Å². The Bertz CT molecular complexity index is 1050. The quantitative estimate of drug-likeness (QED) is 0.530. The summed E-state index contributed by atoms with van der Waals surface area (Å²) in [7, 11) is 0. The fourth-order valence-corrected chi connectivity index (χ4v) is 3.36. The lowest BCUT2D eigenvalue weighted by Crippen LogP contribution is -2.53. The predicted molar refractivity (Wildman–Crippen MR) is 118 cm³/mol. The lowest BCUT2D eigenvalue weighted by atomic mass is 9.86. The second-order valence-electron chi connectivity index (χ2n) is 8.45. The number of rotatable bonds is 5. The molecule has 1 aromatic carbocycles. The molecule has 1 saturated heterocycles. The van der Waals surface area contributed by atoms with Crippen molar-refractivity contribution in [3.8, 4) is 0 Å². The molecule has 1 aromatic heterocycles. The number of carbonyl (C=O) groups excluding carboxylic acids is 2. The lowest BCUT2D eigenvalue weighted by Gasteiger charge is -2.23. The topological polar surface area (TPSA) is 74.0 Å². The van der Waals surface area contributed by atoms with Gasteiger partial charge in [-0.25, -0.2) is 0 Å². The van der Waals surface area contributed by atoms with Crippen molar-refractivity contribution in [2.45, 2.75) is 52.5 Å². The van der Waals surface area contributed by atoms with E-state index in [9.17, 15) is 9.59 Å². The number of benzene rings is 1. The van der Waals surface area contributed by atoms with Gasteiger partial charge in [0.2, 0.25) is 5.91 Å². The van der Waals surface area contributed by atoms with Crippen molar-refractivity contribution in [2.24, 2.45) is 0 Å². The second kappa shape index (κ2) is 7.74. The van der Waals surface area contributed by atoms with Crippen molar-refractivity contribution in [3.05, 3.63) is 65.0 Å². The number of piperazine rings is 1. The number of fused-ring (bicyclic) bond motifs is 1. The average molecular weight is 392 g/mol. The molecule has 5 nitrogen and oxygen atoms in total. The van der Waals surface area contributed by atoms with E-state index in [1.807, 2.05) is 6.08 Å². The second-order valence-corrected chi connectivity index (χ2v) is 8.45. The molecule has 0 bridgehead atoms. The van der Waals surface area contributed by atoms with Crippen LogP contribution in [0.4, 0.5) is 0 Å². The number of hydrogen-bond acceptors (Lipinski definition) is 2. The first-order valence-corrected chi connectivity index (χ1v) is 9.88. The van der Waals surface area contributed by atoms with Crippen LogP contribution in [0, 0.1) is 0 Å². The maximum absolute atomic E-state index is 12.4. The molecule has 152 valence electrons. The number of amides is 2. The number of hydrogen-bond donors (Lipinski definition) is 3. The zero-order valence-corrected chi connectivity index (χ0v) is 17.8. The summed E-state index contributed by atoms with van der Waals surface area (Å²) >= 11 is 0. The Morgan fingerprint density at radius 2 is 1.97 bits per heavy atom. The molecule has 0 spiro atoms. The van der Waals surface area contributed by atoms with Crippen molar-refractivity contribution in [2.75, 3.05) is 0 Å². The fraction of sp³-hybridized carbons (Fsp3) is 0.333. The van der Waals surface area contributed by atoms with Gasteiger partial charge in [0.05, 0.1) is 0 Å². The summed E-state index contributed by atoms with van der Waals surface area (Å²) < 4.78 is 0. The first-order chi connectivity index (χ1) is 13.6. The normalized spacial score (nSPS) is 18.5. The van der Waals surface area contributed by atoms with Crippen molar-refractivity contribution in [3.63, 3.8) is 0 Å². The monoisotopic (exact) mass is 391 g/mol. The summed E-state index contributed by atoms with van der Waals surface area (Å²) in [5, 5.41) is 6.42. The molecule has 3 rings (SSSR count). The van der Waals surface area contributed by atoms with Gasteiger partial charge < -0.3 is 15.6 Å². The molecule has 0 saturated carbocycles. The highest BCUT2D eigenvalue weighted by molar-refractivity contribution is 6.08. The molecule has 0 aliphatic carbocycles. The molecular weight excluding hydrogens is 362 g/mol. The molecule has 1 atom stereocenters. The Morgan fingerprint density at radius 3 is 2.62 bits per heavy atom. The molecule has 3 N–H and O–H groups in total. The van der Waals surface area contributed by atoms with E-state index in [0.29, 0.717) is 0 Å². The molecule has 1 aliphatic heterocycles. The van der Waals surface area contributed by atoms with Crippen molar-refractivity contribution >= 4 is 28.8 Å². The van der Waals surface area contributed by atoms with Crippen molar-refractivity contribution < 1.29 is 9.59 Å². The van der Waals surface area contributed by atoms with Gasteiger partial charge in [0.1, 0.15) is 11.7 Å². The first kappa shape index (κ1) is 20.6. The minimum Gasteiger partial charge on any atom is -0.357 e. The average Bonchev–Trinajstić information content (AvgIpc) is 3.03. The van der Waals surface area contributed by atoms with Crippen LogP contribution in [0.5, 0.6) is 0 Å². The van der Waals surface area contributed by atoms with Crippen LogP contribution < -0.4 is 10.6 Å². The lowest BCUT2D eigenvalue weighted by molar-refractivity contribution is -0.130. The van der Waals surface area contributed by atoms with Crippen LogP contribution in [0.15, 0.2) is 48.2 Å². The summed E-state index contributed by atoms with van der Waals surface area (Å²) in [6.07, 6.45) is 6.70. The van der Waals surface area contributed by atoms with Gasteiger partial charge in [-0.05, 0) is 44.9 Å². The zero-order valence-electron chi connectivity index (χ0n) is 17.8. The fourth-order valence-electron chi connectivity index (χ4n) is 3.36. The number of carbonyl (C=O) groups is 2. The molecule has 29 heavy (non-hydrogen) atoms. The molecular formula is C24H29N3O2. The number of aromatic nitrogens is 1. The SMILES string of the molecule is C=CC(C)(C)c1[nH]c2cc(CC=C(C)C)ccc2c1/C=C1\NC(=O)[C@@H](C)NC1=O. The van der Waals surface area contributed by atoms with E-state index in [-0.39, 0.29) is 22.9 Å². The van der Waals surface area contributed by atoms with Gasteiger partial charge in [0.25, 0.3) is 5.91 Å². The smallest absolute Gasteiger partial charge is 0.268 e. The first-order valence-electron chi connectivity index (χ1n) is 9.88. The van der Waals surface area contributed by atoms with Gasteiger partial charge in [-0.2, -0.15) is 0 Å². The van der Waals surface area contributed by atoms with Gasteiger partial charge in [-0.3, -0.25) is 9.59 Å². The van der Waals surface area contributed by atoms with E-state index in [0.717, 1.165) is 28.6 Å². The van der Waals surface area contributed by atoms with E-state index >= 15 is 0 Å². The Morgan fingerprint density at radius 1 is 1.24 bits per heavy atom. The van der Waals surface area contributed by atoms with Gasteiger partial charge in [0, 0.05) is 27.6 Å². The molecule has 0 unspecified atom stereocenters. The maximum atomic E-state index is 12.4. The van der Waals surface area contributed by atoms with Crippen LogP contribution >= 0.6 is 0 Å². The number of H-pyrrole nitrogens is 1. The van der Waals surface area contributed by atoms with Gasteiger partial charge in [0.15, 0.2) is 0 Å². The third-order valence-electron chi connectivity index (χ3n) is 5.34. The standard InChI is InChI=1S/C24H29N3O2/c1-7-24(5,6)21-18(13-20-23(29)25-15(4)22(28)27-20)17-11-10-16(9-8-14(2)3)12-19(17)26-21/h7-8,10-13,15,26H,1,9H2,2-6H3,(H,25,29)(H,27,28)/b20-13-/t15-/m1/s1. The Hall–Kier alpha value is -3.08. The van der Waals surface area contributed by atoms with Gasteiger partial charge in [-0.15, -0.1) is 6.58 Å². The largest absolute Gasteiger partial charge is 0.357 e. The number of nitrogens with one attached hydrogen (secondary N) is 3. The van der Waals surface area contributed by atoms with Crippen LogP contribution in [-0.2, 0) is 21.4 Å². The van der Waals surface area contributed by atoms with E-state index < -0.39 is 6.04 Å². The Balaban J connectivity index is 2.15. The minimum absolute atomic E-state index is 0.218. The highest BCUT2D eigenvalue weighted by atomic mass is 16.2. The van der Waals surface area contributed by atoms with E-state index in [4.69, 9.17) is 0 Å². The zero-order chi connectivity index (χ0) is 21.3. The third kappa shape index (κ3) is 4.19. The minimum atomic E-state index is -0.538. The Kier molecular flexibility index (Phi) is 5.51. The molecule has 1 fully saturated rings. The summed E-state index contributed by atoms with van der Waals surface area (Å²) in [5.41, 5.74) is 5.24. The summed E-state index contributed by atoms with van der Waals surface area (Å²) in [5.74, 6) is -0.502.